The third kappa shape index (κ3) is 3.25. The van der Waals surface area contributed by atoms with E-state index in [-0.39, 0.29) is 6.04 Å². The molecule has 4 heteroatoms. The van der Waals surface area contributed by atoms with Crippen molar-refractivity contribution >= 4 is 5.82 Å². The highest BCUT2D eigenvalue weighted by molar-refractivity contribution is 5.42. The molecule has 3 rings (SSSR count). The molecule has 2 heterocycles. The topological polar surface area (TPSA) is 45.4 Å². The highest BCUT2D eigenvalue weighted by atomic mass is 15.3. The van der Waals surface area contributed by atoms with Crippen LogP contribution in [0, 0.1) is 5.92 Å². The van der Waals surface area contributed by atoms with Gasteiger partial charge >= 0.3 is 0 Å². The second-order valence-corrected chi connectivity index (χ2v) is 5.97. The minimum absolute atomic E-state index is 0.0814. The van der Waals surface area contributed by atoms with Crippen molar-refractivity contribution in [3.05, 3.63) is 23.9 Å². The van der Waals surface area contributed by atoms with Gasteiger partial charge in [-0.15, -0.1) is 0 Å². The van der Waals surface area contributed by atoms with Gasteiger partial charge in [-0.25, -0.2) is 4.98 Å². The number of rotatable bonds is 4. The van der Waals surface area contributed by atoms with Crippen molar-refractivity contribution < 1.29 is 0 Å². The van der Waals surface area contributed by atoms with Gasteiger partial charge in [0.15, 0.2) is 0 Å². The van der Waals surface area contributed by atoms with Crippen LogP contribution in [0.2, 0.25) is 0 Å². The van der Waals surface area contributed by atoms with Crippen molar-refractivity contribution in [3.63, 3.8) is 0 Å². The molecule has 1 aliphatic carbocycles. The smallest absolute Gasteiger partial charge is 0.128 e. The average molecular weight is 260 g/mol. The fourth-order valence-corrected chi connectivity index (χ4v) is 2.72. The van der Waals surface area contributed by atoms with Crippen molar-refractivity contribution in [2.24, 2.45) is 11.7 Å². The summed E-state index contributed by atoms with van der Waals surface area (Å²) < 4.78 is 0. The Hall–Kier alpha value is -1.13. The van der Waals surface area contributed by atoms with Crippen LogP contribution in [0.5, 0.6) is 0 Å². The fraction of sp³-hybridized carbons (Fsp3) is 0.667. The Kier molecular flexibility index (Phi) is 3.71. The van der Waals surface area contributed by atoms with E-state index in [1.807, 2.05) is 19.2 Å². The molecule has 1 atom stereocenters. The van der Waals surface area contributed by atoms with Crippen molar-refractivity contribution in [1.29, 1.82) is 0 Å². The van der Waals surface area contributed by atoms with Gasteiger partial charge in [0, 0.05) is 45.0 Å². The van der Waals surface area contributed by atoms with E-state index in [2.05, 4.69) is 20.9 Å². The van der Waals surface area contributed by atoms with Crippen LogP contribution in [0.25, 0.3) is 0 Å². The van der Waals surface area contributed by atoms with Gasteiger partial charge in [0.05, 0.1) is 0 Å². The normalized spacial score (nSPS) is 22.5. The quantitative estimate of drug-likeness (QED) is 0.894. The first-order valence-corrected chi connectivity index (χ1v) is 7.41. The van der Waals surface area contributed by atoms with Crippen molar-refractivity contribution in [2.45, 2.75) is 25.8 Å². The molecule has 4 nitrogen and oxygen atoms in total. The molecule has 0 amide bonds. The molecule has 1 aromatic rings. The average Bonchev–Trinajstić information content (AvgIpc) is 3.24. The molecule has 0 aromatic carbocycles. The Balaban J connectivity index is 1.59. The van der Waals surface area contributed by atoms with E-state index in [1.54, 1.807) is 0 Å². The largest absolute Gasteiger partial charge is 0.354 e. The summed E-state index contributed by atoms with van der Waals surface area (Å²) in [7, 11) is 0. The summed E-state index contributed by atoms with van der Waals surface area (Å²) in [6, 6.07) is 4.23. The SMILES string of the molecule is C[C@@H](N)c1ccnc(N2CCN(CC3CC3)CC2)c1. The van der Waals surface area contributed by atoms with E-state index in [0.717, 1.165) is 24.8 Å². The van der Waals surface area contributed by atoms with Crippen molar-refractivity contribution in [3.8, 4) is 0 Å². The number of hydrogen-bond donors (Lipinski definition) is 1. The van der Waals surface area contributed by atoms with Crippen LogP contribution in [0.15, 0.2) is 18.3 Å². The summed E-state index contributed by atoms with van der Waals surface area (Å²) in [5.41, 5.74) is 7.11. The Morgan fingerprint density at radius 1 is 1.32 bits per heavy atom. The lowest BCUT2D eigenvalue weighted by Crippen LogP contribution is -2.47. The number of piperazine rings is 1. The summed E-state index contributed by atoms with van der Waals surface area (Å²) >= 11 is 0. The van der Waals surface area contributed by atoms with Gasteiger partial charge in [-0.05, 0) is 43.4 Å². The van der Waals surface area contributed by atoms with Gasteiger partial charge in [0.1, 0.15) is 5.82 Å². The maximum Gasteiger partial charge on any atom is 0.128 e. The molecule has 0 radical (unpaired) electrons. The minimum atomic E-state index is 0.0814. The molecule has 2 fully saturated rings. The van der Waals surface area contributed by atoms with Gasteiger partial charge < -0.3 is 10.6 Å². The second kappa shape index (κ2) is 5.47. The molecule has 1 saturated carbocycles. The summed E-state index contributed by atoms with van der Waals surface area (Å²) in [4.78, 5) is 9.48. The van der Waals surface area contributed by atoms with Crippen LogP contribution in [0.1, 0.15) is 31.4 Å². The summed E-state index contributed by atoms with van der Waals surface area (Å²) in [6.07, 6.45) is 4.76. The third-order valence-corrected chi connectivity index (χ3v) is 4.20. The number of aromatic nitrogens is 1. The van der Waals surface area contributed by atoms with Gasteiger partial charge in [0.2, 0.25) is 0 Å². The van der Waals surface area contributed by atoms with Gasteiger partial charge in [-0.2, -0.15) is 0 Å². The lowest BCUT2D eigenvalue weighted by Gasteiger charge is -2.35. The van der Waals surface area contributed by atoms with E-state index in [1.165, 1.54) is 38.0 Å². The van der Waals surface area contributed by atoms with Gasteiger partial charge in [0.25, 0.3) is 0 Å². The Morgan fingerprint density at radius 3 is 2.68 bits per heavy atom. The Morgan fingerprint density at radius 2 is 2.05 bits per heavy atom. The number of anilines is 1. The zero-order valence-corrected chi connectivity index (χ0v) is 11.8. The van der Waals surface area contributed by atoms with Crippen LogP contribution in [0.4, 0.5) is 5.82 Å². The highest BCUT2D eigenvalue weighted by Gasteiger charge is 2.26. The van der Waals surface area contributed by atoms with Crippen molar-refractivity contribution in [2.75, 3.05) is 37.6 Å². The molecule has 104 valence electrons. The fourth-order valence-electron chi connectivity index (χ4n) is 2.72. The molecule has 19 heavy (non-hydrogen) atoms. The van der Waals surface area contributed by atoms with Crippen LogP contribution < -0.4 is 10.6 Å². The lowest BCUT2D eigenvalue weighted by atomic mass is 10.1. The Bertz CT molecular complexity index is 420. The summed E-state index contributed by atoms with van der Waals surface area (Å²) in [5, 5.41) is 0. The predicted molar refractivity (Wildman–Crippen MR) is 78.2 cm³/mol. The molecule has 1 aromatic heterocycles. The molecule has 0 unspecified atom stereocenters. The lowest BCUT2D eigenvalue weighted by molar-refractivity contribution is 0.247. The molecule has 1 saturated heterocycles. The standard InChI is InChI=1S/C15H24N4/c1-12(16)14-4-5-17-15(10-14)19-8-6-18(7-9-19)11-13-2-3-13/h4-5,10,12-13H,2-3,6-9,11,16H2,1H3/t12-/m1/s1. The molecular formula is C15H24N4. The van der Waals surface area contributed by atoms with Crippen LogP contribution in [-0.4, -0.2) is 42.6 Å². The Labute approximate surface area is 115 Å². The molecule has 0 spiro atoms. The first-order chi connectivity index (χ1) is 9.22. The number of pyridine rings is 1. The van der Waals surface area contributed by atoms with E-state index >= 15 is 0 Å². The van der Waals surface area contributed by atoms with E-state index in [0.29, 0.717) is 0 Å². The molecule has 0 bridgehead atoms. The highest BCUT2D eigenvalue weighted by Crippen LogP contribution is 2.30. The first-order valence-electron chi connectivity index (χ1n) is 7.41. The van der Waals surface area contributed by atoms with E-state index in [4.69, 9.17) is 5.73 Å². The zero-order chi connectivity index (χ0) is 13.2. The van der Waals surface area contributed by atoms with Crippen LogP contribution in [-0.2, 0) is 0 Å². The first kappa shape index (κ1) is 12.9. The third-order valence-electron chi connectivity index (χ3n) is 4.20. The minimum Gasteiger partial charge on any atom is -0.354 e. The molecule has 2 N–H and O–H groups in total. The number of nitrogens with zero attached hydrogens (tertiary/aromatic N) is 3. The number of hydrogen-bond acceptors (Lipinski definition) is 4. The van der Waals surface area contributed by atoms with Crippen LogP contribution in [0.3, 0.4) is 0 Å². The van der Waals surface area contributed by atoms with E-state index in [9.17, 15) is 0 Å². The maximum absolute atomic E-state index is 5.94. The van der Waals surface area contributed by atoms with Gasteiger partial charge in [-0.3, -0.25) is 4.90 Å². The molecule has 2 aliphatic rings. The molecular weight excluding hydrogens is 236 g/mol. The molecule has 1 aliphatic heterocycles. The maximum atomic E-state index is 5.94. The zero-order valence-electron chi connectivity index (χ0n) is 11.8. The monoisotopic (exact) mass is 260 g/mol. The predicted octanol–water partition coefficient (Wildman–Crippen LogP) is 1.63. The second-order valence-electron chi connectivity index (χ2n) is 5.97. The van der Waals surface area contributed by atoms with Crippen LogP contribution >= 0.6 is 0 Å². The van der Waals surface area contributed by atoms with E-state index < -0.39 is 0 Å². The summed E-state index contributed by atoms with van der Waals surface area (Å²) in [5.74, 6) is 2.08. The number of nitrogens with two attached hydrogens (primary N) is 1. The summed E-state index contributed by atoms with van der Waals surface area (Å²) in [6.45, 7) is 7.83. The van der Waals surface area contributed by atoms with Crippen molar-refractivity contribution in [1.82, 2.24) is 9.88 Å². The van der Waals surface area contributed by atoms with Gasteiger partial charge in [-0.1, -0.05) is 0 Å².